The van der Waals surface area contributed by atoms with Crippen LogP contribution in [0.2, 0.25) is 0 Å². The Kier molecular flexibility index (Phi) is 11.3. The lowest BCUT2D eigenvalue weighted by atomic mass is 10.1. The highest BCUT2D eigenvalue weighted by Gasteiger charge is 2.23. The molecule has 1 aromatic heterocycles. The molecular weight excluding hydrogens is 615 g/mol. The predicted octanol–water partition coefficient (Wildman–Crippen LogP) is 5.93. The van der Waals surface area contributed by atoms with Crippen molar-refractivity contribution in [2.45, 2.75) is 52.0 Å². The van der Waals surface area contributed by atoms with E-state index in [1.165, 1.54) is 19.2 Å². The van der Waals surface area contributed by atoms with E-state index >= 15 is 0 Å². The normalized spacial score (nSPS) is 13.5. The number of amides is 1. The van der Waals surface area contributed by atoms with E-state index in [0.717, 1.165) is 30.2 Å². The van der Waals surface area contributed by atoms with Crippen LogP contribution in [0.4, 0.5) is 15.8 Å². The number of hydrogen-bond donors (Lipinski definition) is 2. The van der Waals surface area contributed by atoms with Crippen LogP contribution in [0, 0.1) is 17.1 Å². The van der Waals surface area contributed by atoms with Crippen molar-refractivity contribution in [3.8, 4) is 17.6 Å². The zero-order valence-electron chi connectivity index (χ0n) is 27.2. The van der Waals surface area contributed by atoms with Crippen molar-refractivity contribution >= 4 is 23.3 Å². The molecule has 0 bridgehead atoms. The summed E-state index contributed by atoms with van der Waals surface area (Å²) in [7, 11) is 1.33. The molecular formula is C36H39FN6O5. The average molecular weight is 655 g/mol. The largest absolute Gasteiger partial charge is 0.490 e. The monoisotopic (exact) mass is 654 g/mol. The maximum atomic E-state index is 14.2. The van der Waals surface area contributed by atoms with Gasteiger partial charge in [-0.15, -0.1) is 0 Å². The van der Waals surface area contributed by atoms with E-state index in [2.05, 4.69) is 38.9 Å². The van der Waals surface area contributed by atoms with Crippen LogP contribution in [-0.4, -0.2) is 59.2 Å². The van der Waals surface area contributed by atoms with Crippen LogP contribution in [0.1, 0.15) is 59.9 Å². The second-order valence-electron chi connectivity index (χ2n) is 11.8. The molecule has 0 spiro atoms. The number of nitrogens with zero attached hydrogens (tertiary/aromatic N) is 4. The second-order valence-corrected chi connectivity index (χ2v) is 11.8. The molecule has 48 heavy (non-hydrogen) atoms. The third kappa shape index (κ3) is 8.89. The molecule has 1 fully saturated rings. The Morgan fingerprint density at radius 3 is 2.62 bits per heavy atom. The topological polar surface area (TPSA) is 131 Å². The summed E-state index contributed by atoms with van der Waals surface area (Å²) in [6, 6.07) is 18.7. The minimum absolute atomic E-state index is 0.0163. The van der Waals surface area contributed by atoms with Gasteiger partial charge in [0.2, 0.25) is 5.91 Å². The number of imidazole rings is 1. The zero-order valence-corrected chi connectivity index (χ0v) is 27.2. The second kappa shape index (κ2) is 15.9. The van der Waals surface area contributed by atoms with E-state index in [1.807, 2.05) is 30.3 Å². The molecule has 1 saturated heterocycles. The summed E-state index contributed by atoms with van der Waals surface area (Å²) in [5.41, 5.74) is 3.56. The van der Waals surface area contributed by atoms with Gasteiger partial charge in [0.25, 0.3) is 0 Å². The van der Waals surface area contributed by atoms with Crippen molar-refractivity contribution in [1.82, 2.24) is 14.5 Å². The van der Waals surface area contributed by atoms with Crippen LogP contribution in [-0.2, 0) is 22.7 Å². The minimum atomic E-state index is -0.582. The first-order valence-corrected chi connectivity index (χ1v) is 15.8. The molecule has 1 amide bonds. The molecule has 11 nitrogen and oxygen atoms in total. The van der Waals surface area contributed by atoms with Crippen molar-refractivity contribution in [2.75, 3.05) is 37.4 Å². The highest BCUT2D eigenvalue weighted by atomic mass is 19.1. The van der Waals surface area contributed by atoms with Gasteiger partial charge in [-0.05, 0) is 80.8 Å². The van der Waals surface area contributed by atoms with Gasteiger partial charge in [0, 0.05) is 25.3 Å². The Morgan fingerprint density at radius 2 is 1.90 bits per heavy atom. The molecule has 0 saturated carbocycles. The molecule has 1 aliphatic rings. The van der Waals surface area contributed by atoms with Crippen LogP contribution < -0.4 is 20.1 Å². The number of methoxy groups -OCH3 is 1. The third-order valence-electron chi connectivity index (χ3n) is 8.04. The van der Waals surface area contributed by atoms with Gasteiger partial charge in [-0.2, -0.15) is 5.26 Å². The molecule has 0 atom stereocenters. The molecule has 2 N–H and O–H groups in total. The SMILES string of the molecule is COC(=O)c1ccc(NC(=O)CN2CCC(Oc3cccc(COc4ccc(C#N)cc4F)c3)CC2)c(NCc2cncn2C(C)C)c1. The number of nitriles is 1. The quantitative estimate of drug-likeness (QED) is 0.168. The van der Waals surface area contributed by atoms with Gasteiger partial charge in [-0.1, -0.05) is 12.1 Å². The molecule has 3 aromatic carbocycles. The predicted molar refractivity (Wildman–Crippen MR) is 178 cm³/mol. The summed E-state index contributed by atoms with van der Waals surface area (Å²) in [4.78, 5) is 31.7. The van der Waals surface area contributed by atoms with Crippen LogP contribution in [0.5, 0.6) is 11.5 Å². The van der Waals surface area contributed by atoms with Gasteiger partial charge >= 0.3 is 5.97 Å². The number of benzene rings is 3. The van der Waals surface area contributed by atoms with Crippen molar-refractivity contribution in [1.29, 1.82) is 5.26 Å². The van der Waals surface area contributed by atoms with Crippen LogP contribution in [0.3, 0.4) is 0 Å². The van der Waals surface area contributed by atoms with Gasteiger partial charge in [0.15, 0.2) is 11.6 Å². The van der Waals surface area contributed by atoms with Gasteiger partial charge in [0.1, 0.15) is 18.5 Å². The summed E-state index contributed by atoms with van der Waals surface area (Å²) >= 11 is 0. The Labute approximate surface area is 279 Å². The lowest BCUT2D eigenvalue weighted by Crippen LogP contribution is -2.42. The van der Waals surface area contributed by atoms with Crippen molar-refractivity contribution in [3.63, 3.8) is 0 Å². The first-order valence-electron chi connectivity index (χ1n) is 15.8. The Morgan fingerprint density at radius 1 is 1.08 bits per heavy atom. The lowest BCUT2D eigenvalue weighted by Gasteiger charge is -2.31. The highest BCUT2D eigenvalue weighted by Crippen LogP contribution is 2.26. The Balaban J connectivity index is 1.12. The average Bonchev–Trinajstić information content (AvgIpc) is 3.57. The van der Waals surface area contributed by atoms with Crippen molar-refractivity contribution < 1.29 is 28.2 Å². The summed E-state index contributed by atoms with van der Waals surface area (Å²) in [5, 5.41) is 15.3. The number of likely N-dealkylation sites (tertiary alicyclic amines) is 1. The summed E-state index contributed by atoms with van der Waals surface area (Å²) < 4.78 is 33.0. The highest BCUT2D eigenvalue weighted by molar-refractivity contribution is 5.98. The van der Waals surface area contributed by atoms with Crippen molar-refractivity contribution in [2.24, 2.45) is 0 Å². The number of anilines is 2. The number of ether oxygens (including phenoxy) is 3. The van der Waals surface area contributed by atoms with Crippen LogP contribution in [0.15, 0.2) is 73.2 Å². The zero-order chi connectivity index (χ0) is 34.0. The molecule has 1 aliphatic heterocycles. The van der Waals surface area contributed by atoms with Crippen molar-refractivity contribution in [3.05, 3.63) is 101 Å². The minimum Gasteiger partial charge on any atom is -0.490 e. The van der Waals surface area contributed by atoms with E-state index in [0.29, 0.717) is 42.3 Å². The number of piperidine rings is 1. The number of carbonyl (C=O) groups excluding carboxylic acids is 2. The van der Waals surface area contributed by atoms with Gasteiger partial charge in [-0.25, -0.2) is 14.2 Å². The number of esters is 1. The first kappa shape index (κ1) is 33.9. The number of halogens is 1. The van der Waals surface area contributed by atoms with Gasteiger partial charge in [-0.3, -0.25) is 9.69 Å². The maximum Gasteiger partial charge on any atom is 0.337 e. The number of rotatable bonds is 13. The van der Waals surface area contributed by atoms with E-state index in [4.69, 9.17) is 19.5 Å². The maximum absolute atomic E-state index is 14.2. The molecule has 250 valence electrons. The Hall–Kier alpha value is -5.41. The fraction of sp³-hybridized carbons (Fsp3) is 0.333. The van der Waals surface area contributed by atoms with Crippen LogP contribution >= 0.6 is 0 Å². The van der Waals surface area contributed by atoms with E-state index in [-0.39, 0.29) is 42.5 Å². The molecule has 2 heterocycles. The summed E-state index contributed by atoms with van der Waals surface area (Å²) in [6.07, 6.45) is 5.04. The fourth-order valence-corrected chi connectivity index (χ4v) is 5.49. The van der Waals surface area contributed by atoms with E-state index < -0.39 is 11.8 Å². The standard InChI is InChI=1S/C36H39FN6O5/c1-24(2)43-23-39-19-28(43)20-40-33-17-27(36(45)46-3)8-9-32(33)41-35(44)21-42-13-11-29(12-14-42)48-30-6-4-5-26(15-30)22-47-34-10-7-25(18-38)16-31(34)37/h4-10,15-17,19,23-24,29,40H,11-14,20-22H2,1-3H3,(H,41,44). The molecule has 0 radical (unpaired) electrons. The molecule has 0 aliphatic carbocycles. The summed E-state index contributed by atoms with van der Waals surface area (Å²) in [5.74, 6) is -0.438. The number of carbonyl (C=O) groups is 2. The number of nitrogens with one attached hydrogen (secondary N) is 2. The molecule has 5 rings (SSSR count). The third-order valence-corrected chi connectivity index (χ3v) is 8.04. The van der Waals surface area contributed by atoms with Gasteiger partial charge < -0.3 is 29.4 Å². The molecule has 4 aromatic rings. The number of aromatic nitrogens is 2. The fourth-order valence-electron chi connectivity index (χ4n) is 5.49. The first-order chi connectivity index (χ1) is 23.2. The van der Waals surface area contributed by atoms with Crippen LogP contribution in [0.25, 0.3) is 0 Å². The number of hydrogen-bond acceptors (Lipinski definition) is 9. The smallest absolute Gasteiger partial charge is 0.337 e. The summed E-state index contributed by atoms with van der Waals surface area (Å²) in [6.45, 7) is 6.33. The Bertz CT molecular complexity index is 1780. The molecule has 0 unspecified atom stereocenters. The van der Waals surface area contributed by atoms with E-state index in [9.17, 15) is 14.0 Å². The van der Waals surface area contributed by atoms with Gasteiger partial charge in [0.05, 0.1) is 60.8 Å². The molecule has 12 heteroatoms. The van der Waals surface area contributed by atoms with E-state index in [1.54, 1.807) is 30.7 Å². The lowest BCUT2D eigenvalue weighted by molar-refractivity contribution is -0.117.